The molecule has 27 heavy (non-hydrogen) atoms. The summed E-state index contributed by atoms with van der Waals surface area (Å²) in [4.78, 5) is 4.73. The highest BCUT2D eigenvalue weighted by Gasteiger charge is 2.07. The molecular weight excluding hydrogens is 338 g/mol. The second-order valence-corrected chi connectivity index (χ2v) is 6.01. The van der Waals surface area contributed by atoms with Gasteiger partial charge >= 0.3 is 0 Å². The molecule has 0 aliphatic carbocycles. The molecule has 0 aliphatic rings. The van der Waals surface area contributed by atoms with Crippen LogP contribution < -0.4 is 14.9 Å². The Bertz CT molecular complexity index is 1140. The van der Waals surface area contributed by atoms with Crippen molar-refractivity contribution < 1.29 is 9.47 Å². The van der Waals surface area contributed by atoms with Crippen LogP contribution in [0.2, 0.25) is 0 Å². The van der Waals surface area contributed by atoms with Gasteiger partial charge in [0.15, 0.2) is 17.3 Å². The fourth-order valence-electron chi connectivity index (χ4n) is 3.09. The number of benzene rings is 3. The van der Waals surface area contributed by atoms with E-state index in [1.807, 2.05) is 54.6 Å². The Hall–Kier alpha value is -3.60. The Morgan fingerprint density at radius 3 is 2.30 bits per heavy atom. The molecule has 1 N–H and O–H groups in total. The number of anilines is 1. The maximum absolute atomic E-state index is 5.33. The first kappa shape index (κ1) is 16.8. The van der Waals surface area contributed by atoms with Gasteiger partial charge < -0.3 is 9.47 Å². The van der Waals surface area contributed by atoms with Crippen molar-refractivity contribution >= 4 is 33.7 Å². The molecule has 0 saturated carbocycles. The largest absolute Gasteiger partial charge is 0.493 e. The summed E-state index contributed by atoms with van der Waals surface area (Å²) in [6, 6.07) is 21.9. The summed E-state index contributed by atoms with van der Waals surface area (Å²) in [6.45, 7) is 0. The zero-order chi connectivity index (χ0) is 18.6. The number of rotatable bonds is 5. The van der Waals surface area contributed by atoms with Crippen molar-refractivity contribution in [2.75, 3.05) is 19.6 Å². The number of hydrazone groups is 1. The van der Waals surface area contributed by atoms with Crippen molar-refractivity contribution in [3.63, 3.8) is 0 Å². The van der Waals surface area contributed by atoms with Gasteiger partial charge in [-0.2, -0.15) is 5.10 Å². The van der Waals surface area contributed by atoms with Gasteiger partial charge in [-0.05, 0) is 35.2 Å². The average Bonchev–Trinajstić information content (AvgIpc) is 2.73. The van der Waals surface area contributed by atoms with Gasteiger partial charge in [-0.15, -0.1) is 0 Å². The predicted molar refractivity (Wildman–Crippen MR) is 110 cm³/mol. The van der Waals surface area contributed by atoms with Crippen molar-refractivity contribution in [2.45, 2.75) is 0 Å². The lowest BCUT2D eigenvalue weighted by Crippen LogP contribution is -1.97. The third-order valence-electron chi connectivity index (χ3n) is 4.40. The lowest BCUT2D eigenvalue weighted by Gasteiger charge is -2.09. The van der Waals surface area contributed by atoms with E-state index in [1.54, 1.807) is 20.4 Å². The smallest absolute Gasteiger partial charge is 0.161 e. The van der Waals surface area contributed by atoms with E-state index in [2.05, 4.69) is 22.7 Å². The number of nitrogens with zero attached hydrogens (tertiary/aromatic N) is 2. The van der Waals surface area contributed by atoms with Gasteiger partial charge in [0.05, 0.1) is 26.0 Å². The normalized spacial score (nSPS) is 11.2. The van der Waals surface area contributed by atoms with Crippen LogP contribution in [0.25, 0.3) is 21.7 Å². The molecule has 0 radical (unpaired) electrons. The van der Waals surface area contributed by atoms with Crippen LogP contribution in [-0.2, 0) is 0 Å². The first-order chi connectivity index (χ1) is 13.3. The van der Waals surface area contributed by atoms with Crippen LogP contribution in [-0.4, -0.2) is 25.4 Å². The van der Waals surface area contributed by atoms with Crippen LogP contribution in [0.3, 0.4) is 0 Å². The summed E-state index contributed by atoms with van der Waals surface area (Å²) < 4.78 is 10.6. The van der Waals surface area contributed by atoms with Crippen LogP contribution in [0.15, 0.2) is 71.8 Å². The maximum Gasteiger partial charge on any atom is 0.161 e. The quantitative estimate of drug-likeness (QED) is 0.315. The topological polar surface area (TPSA) is 55.7 Å². The highest BCUT2D eigenvalue weighted by Crippen LogP contribution is 2.29. The number of nitrogens with one attached hydrogen (secondary N) is 1. The number of methoxy groups -OCH3 is 2. The van der Waals surface area contributed by atoms with Crippen molar-refractivity contribution in [3.8, 4) is 11.5 Å². The Labute approximate surface area is 157 Å². The zero-order valence-corrected chi connectivity index (χ0v) is 15.1. The summed E-state index contributed by atoms with van der Waals surface area (Å²) in [6.07, 6.45) is 1.73. The summed E-state index contributed by atoms with van der Waals surface area (Å²) >= 11 is 0. The van der Waals surface area contributed by atoms with Crippen molar-refractivity contribution in [1.29, 1.82) is 0 Å². The summed E-state index contributed by atoms with van der Waals surface area (Å²) in [5.41, 5.74) is 4.90. The highest BCUT2D eigenvalue weighted by atomic mass is 16.5. The number of aromatic nitrogens is 1. The lowest BCUT2D eigenvalue weighted by atomic mass is 10.1. The fraction of sp³-hybridized carbons (Fsp3) is 0.0909. The van der Waals surface area contributed by atoms with E-state index in [9.17, 15) is 0 Å². The predicted octanol–water partition coefficient (Wildman–Crippen LogP) is 4.85. The number of hydrogen-bond donors (Lipinski definition) is 1. The minimum Gasteiger partial charge on any atom is -0.493 e. The average molecular weight is 357 g/mol. The highest BCUT2D eigenvalue weighted by molar-refractivity contribution is 6.10. The van der Waals surface area contributed by atoms with Gasteiger partial charge in [-0.3, -0.25) is 5.43 Å². The third kappa shape index (κ3) is 3.27. The van der Waals surface area contributed by atoms with E-state index in [0.717, 1.165) is 33.1 Å². The molecule has 0 atom stereocenters. The first-order valence-corrected chi connectivity index (χ1v) is 8.59. The monoisotopic (exact) mass is 357 g/mol. The SMILES string of the molecule is COc1ccc(/C=N/Nc2nc3ccccc3c3ccccc23)cc1OC. The van der Waals surface area contributed by atoms with Gasteiger partial charge in [0, 0.05) is 10.8 Å². The zero-order valence-electron chi connectivity index (χ0n) is 15.1. The lowest BCUT2D eigenvalue weighted by molar-refractivity contribution is 0.355. The molecule has 1 heterocycles. The summed E-state index contributed by atoms with van der Waals surface area (Å²) in [7, 11) is 3.23. The van der Waals surface area contributed by atoms with Crippen LogP contribution >= 0.6 is 0 Å². The van der Waals surface area contributed by atoms with E-state index in [0.29, 0.717) is 11.5 Å². The molecule has 4 rings (SSSR count). The van der Waals surface area contributed by atoms with E-state index in [-0.39, 0.29) is 0 Å². The summed E-state index contributed by atoms with van der Waals surface area (Å²) in [5, 5.41) is 7.67. The Balaban J connectivity index is 1.68. The first-order valence-electron chi connectivity index (χ1n) is 8.59. The van der Waals surface area contributed by atoms with Crippen LogP contribution in [0.5, 0.6) is 11.5 Å². The number of para-hydroxylation sites is 1. The second kappa shape index (κ2) is 7.33. The Kier molecular flexibility index (Phi) is 4.58. The van der Waals surface area contributed by atoms with Gasteiger partial charge in [0.2, 0.25) is 0 Å². The molecule has 0 fully saturated rings. The van der Waals surface area contributed by atoms with E-state index < -0.39 is 0 Å². The van der Waals surface area contributed by atoms with E-state index >= 15 is 0 Å². The second-order valence-electron chi connectivity index (χ2n) is 6.01. The van der Waals surface area contributed by atoms with Gasteiger partial charge in [0.1, 0.15) is 0 Å². The molecule has 0 aliphatic heterocycles. The molecule has 3 aromatic carbocycles. The van der Waals surface area contributed by atoms with Crippen molar-refractivity contribution in [2.24, 2.45) is 5.10 Å². The molecule has 0 saturated heterocycles. The molecule has 0 amide bonds. The van der Waals surface area contributed by atoms with Gasteiger partial charge in [-0.25, -0.2) is 4.98 Å². The molecule has 5 nitrogen and oxygen atoms in total. The van der Waals surface area contributed by atoms with E-state index in [1.165, 1.54) is 0 Å². The summed E-state index contributed by atoms with van der Waals surface area (Å²) in [5.74, 6) is 2.07. The standard InChI is InChI=1S/C22H19N3O2/c1-26-20-12-11-15(13-21(20)27-2)14-23-25-22-18-9-4-3-7-16(18)17-8-5-6-10-19(17)24-22/h3-14H,1-2H3,(H,24,25)/b23-14+. The molecule has 0 unspecified atom stereocenters. The molecular formula is C22H19N3O2. The van der Waals surface area contributed by atoms with E-state index in [4.69, 9.17) is 14.5 Å². The molecule has 0 spiro atoms. The fourth-order valence-corrected chi connectivity index (χ4v) is 3.09. The van der Waals surface area contributed by atoms with Crippen LogP contribution in [0, 0.1) is 0 Å². The Morgan fingerprint density at radius 2 is 1.52 bits per heavy atom. The minimum absolute atomic E-state index is 0.663. The van der Waals surface area contributed by atoms with Crippen molar-refractivity contribution in [1.82, 2.24) is 4.98 Å². The molecule has 0 bridgehead atoms. The van der Waals surface area contributed by atoms with Gasteiger partial charge in [0.25, 0.3) is 0 Å². The number of pyridine rings is 1. The minimum atomic E-state index is 0.663. The molecule has 4 aromatic rings. The van der Waals surface area contributed by atoms with Crippen molar-refractivity contribution in [3.05, 3.63) is 72.3 Å². The van der Waals surface area contributed by atoms with Crippen LogP contribution in [0.1, 0.15) is 5.56 Å². The van der Waals surface area contributed by atoms with Gasteiger partial charge in [-0.1, -0.05) is 42.5 Å². The molecule has 1 aromatic heterocycles. The van der Waals surface area contributed by atoms with Crippen LogP contribution in [0.4, 0.5) is 5.82 Å². The number of hydrogen-bond acceptors (Lipinski definition) is 5. The maximum atomic E-state index is 5.33. The molecule has 5 heteroatoms. The molecule has 134 valence electrons. The third-order valence-corrected chi connectivity index (χ3v) is 4.40. The number of fused-ring (bicyclic) bond motifs is 3. The Morgan fingerprint density at radius 1 is 0.815 bits per heavy atom. The number of ether oxygens (including phenoxy) is 2.